The summed E-state index contributed by atoms with van der Waals surface area (Å²) in [5.74, 6) is -5.68. The predicted octanol–water partition coefficient (Wildman–Crippen LogP) is 2.62. The fraction of sp³-hybridized carbons (Fsp3) is 0.500. The van der Waals surface area contributed by atoms with Gasteiger partial charge in [0.25, 0.3) is 0 Å². The van der Waals surface area contributed by atoms with Crippen molar-refractivity contribution in [3.63, 3.8) is 0 Å². The highest BCUT2D eigenvalue weighted by Crippen LogP contribution is 2.46. The molecule has 1 N–H and O–H groups in total. The number of rotatable bonds is 10. The molecular weight excluding hydrogens is 352 g/mol. The molecule has 0 aliphatic heterocycles. The molecule has 148 valence electrons. The Labute approximate surface area is 158 Å². The highest BCUT2D eigenvalue weighted by atomic mass is 16.5. The van der Waals surface area contributed by atoms with Gasteiger partial charge in [0.15, 0.2) is 0 Å². The number of methoxy groups -OCH3 is 1. The van der Waals surface area contributed by atoms with Crippen molar-refractivity contribution in [2.24, 2.45) is 11.3 Å². The second-order valence-electron chi connectivity index (χ2n) is 6.28. The van der Waals surface area contributed by atoms with E-state index < -0.39 is 40.8 Å². The van der Waals surface area contributed by atoms with Crippen LogP contribution in [0.2, 0.25) is 0 Å². The number of aliphatic carboxylic acids is 1. The second kappa shape index (κ2) is 9.30. The van der Waals surface area contributed by atoms with E-state index >= 15 is 0 Å². The van der Waals surface area contributed by atoms with Gasteiger partial charge in [-0.2, -0.15) is 0 Å². The summed E-state index contributed by atoms with van der Waals surface area (Å²) in [5, 5.41) is 9.72. The zero-order chi connectivity index (χ0) is 20.8. The van der Waals surface area contributed by atoms with E-state index in [1.807, 2.05) is 0 Å². The van der Waals surface area contributed by atoms with Crippen molar-refractivity contribution in [3.05, 3.63) is 29.8 Å². The maximum absolute atomic E-state index is 12.9. The average molecular weight is 378 g/mol. The first-order valence-electron chi connectivity index (χ1n) is 8.72. The zero-order valence-corrected chi connectivity index (χ0v) is 16.3. The zero-order valence-electron chi connectivity index (χ0n) is 16.3. The maximum atomic E-state index is 12.9. The fourth-order valence-electron chi connectivity index (χ4n) is 3.49. The van der Waals surface area contributed by atoms with Crippen LogP contribution in [-0.2, 0) is 23.9 Å². The number of benzene rings is 1. The second-order valence-corrected chi connectivity index (χ2v) is 6.28. The molecule has 0 aromatic heterocycles. The standard InChI is InChI=1S/C20H26O7/c1-6-20(13(4)22,19(25)27-7-2)17(16(12(3)21)18(23)24)14-8-10-15(26-5)11-9-14/h8-11,16-17H,6-7H2,1-5H3,(H,23,24). The van der Waals surface area contributed by atoms with E-state index in [-0.39, 0.29) is 13.0 Å². The molecule has 1 aromatic rings. The van der Waals surface area contributed by atoms with Gasteiger partial charge in [0.05, 0.1) is 13.7 Å². The van der Waals surface area contributed by atoms with E-state index in [1.54, 1.807) is 38.1 Å². The van der Waals surface area contributed by atoms with Crippen molar-refractivity contribution in [1.29, 1.82) is 0 Å². The van der Waals surface area contributed by atoms with Gasteiger partial charge in [0.1, 0.15) is 28.6 Å². The molecule has 27 heavy (non-hydrogen) atoms. The Balaban J connectivity index is 3.79. The molecule has 1 aromatic carbocycles. The molecule has 1 rings (SSSR count). The molecular formula is C20H26O7. The number of hydrogen-bond acceptors (Lipinski definition) is 6. The smallest absolute Gasteiger partial charge is 0.320 e. The van der Waals surface area contributed by atoms with E-state index in [9.17, 15) is 24.3 Å². The van der Waals surface area contributed by atoms with E-state index in [2.05, 4.69) is 0 Å². The van der Waals surface area contributed by atoms with Crippen LogP contribution in [0.3, 0.4) is 0 Å². The topological polar surface area (TPSA) is 107 Å². The highest BCUT2D eigenvalue weighted by molar-refractivity contribution is 6.07. The molecule has 0 radical (unpaired) electrons. The molecule has 0 spiro atoms. The van der Waals surface area contributed by atoms with Crippen LogP contribution in [0.25, 0.3) is 0 Å². The lowest BCUT2D eigenvalue weighted by molar-refractivity contribution is -0.164. The summed E-state index contributed by atoms with van der Waals surface area (Å²) in [4.78, 5) is 49.7. The number of carboxylic acids is 1. The van der Waals surface area contributed by atoms with Crippen LogP contribution in [0.1, 0.15) is 45.6 Å². The van der Waals surface area contributed by atoms with E-state index in [4.69, 9.17) is 9.47 Å². The minimum Gasteiger partial charge on any atom is -0.497 e. The van der Waals surface area contributed by atoms with Gasteiger partial charge >= 0.3 is 11.9 Å². The van der Waals surface area contributed by atoms with Crippen LogP contribution in [0.4, 0.5) is 0 Å². The third kappa shape index (κ3) is 4.35. The SMILES string of the molecule is CCOC(=O)C(CC)(C(C)=O)C(c1ccc(OC)cc1)C(C(C)=O)C(=O)O. The molecule has 7 heteroatoms. The quantitative estimate of drug-likeness (QED) is 0.492. The monoisotopic (exact) mass is 378 g/mol. The first-order chi connectivity index (χ1) is 12.7. The Morgan fingerprint density at radius 2 is 1.63 bits per heavy atom. The lowest BCUT2D eigenvalue weighted by atomic mass is 9.62. The van der Waals surface area contributed by atoms with E-state index in [0.717, 1.165) is 6.92 Å². The summed E-state index contributed by atoms with van der Waals surface area (Å²) in [6, 6.07) is 6.31. The molecule has 7 nitrogen and oxygen atoms in total. The summed E-state index contributed by atoms with van der Waals surface area (Å²) in [6.07, 6.45) is -0.00504. The summed E-state index contributed by atoms with van der Waals surface area (Å²) in [5.41, 5.74) is -1.41. The minimum atomic E-state index is -1.79. The van der Waals surface area contributed by atoms with Gasteiger partial charge in [0, 0.05) is 5.92 Å². The molecule has 0 aliphatic carbocycles. The van der Waals surface area contributed by atoms with Crippen LogP contribution in [0.5, 0.6) is 5.75 Å². The number of ketones is 2. The van der Waals surface area contributed by atoms with Gasteiger partial charge in [-0.25, -0.2) is 0 Å². The van der Waals surface area contributed by atoms with Gasteiger partial charge in [0.2, 0.25) is 0 Å². The molecule has 0 saturated heterocycles. The van der Waals surface area contributed by atoms with Crippen LogP contribution in [0.15, 0.2) is 24.3 Å². The number of esters is 1. The van der Waals surface area contributed by atoms with Crippen molar-refractivity contribution in [1.82, 2.24) is 0 Å². The maximum Gasteiger partial charge on any atom is 0.320 e. The first-order valence-corrected chi connectivity index (χ1v) is 8.72. The largest absolute Gasteiger partial charge is 0.497 e. The van der Waals surface area contributed by atoms with Crippen molar-refractivity contribution in [2.75, 3.05) is 13.7 Å². The molecule has 0 bridgehead atoms. The summed E-state index contributed by atoms with van der Waals surface area (Å²) in [6.45, 7) is 5.59. The van der Waals surface area contributed by atoms with Crippen LogP contribution in [-0.4, -0.2) is 42.3 Å². The third-order valence-corrected chi connectivity index (χ3v) is 4.87. The lowest BCUT2D eigenvalue weighted by Gasteiger charge is -2.38. The number of carboxylic acid groups (broad SMARTS) is 1. The number of Topliss-reactive ketones (excluding diaryl/α,β-unsaturated/α-hetero) is 2. The Morgan fingerprint density at radius 3 is 1.96 bits per heavy atom. The third-order valence-electron chi connectivity index (χ3n) is 4.87. The molecule has 0 saturated carbocycles. The van der Waals surface area contributed by atoms with E-state index in [0.29, 0.717) is 11.3 Å². The Morgan fingerprint density at radius 1 is 1.07 bits per heavy atom. The van der Waals surface area contributed by atoms with Gasteiger partial charge in [-0.05, 0) is 44.9 Å². The number of ether oxygens (including phenoxy) is 2. The average Bonchev–Trinajstić information content (AvgIpc) is 2.61. The minimum absolute atomic E-state index is 0.00504. The summed E-state index contributed by atoms with van der Waals surface area (Å²) >= 11 is 0. The summed E-state index contributed by atoms with van der Waals surface area (Å²) in [7, 11) is 1.48. The van der Waals surface area contributed by atoms with Crippen LogP contribution >= 0.6 is 0 Å². The highest BCUT2D eigenvalue weighted by Gasteiger charge is 2.56. The van der Waals surface area contributed by atoms with Crippen molar-refractivity contribution >= 4 is 23.5 Å². The lowest BCUT2D eigenvalue weighted by Crippen LogP contribution is -2.49. The van der Waals surface area contributed by atoms with Crippen molar-refractivity contribution < 1.29 is 33.8 Å². The van der Waals surface area contributed by atoms with Crippen molar-refractivity contribution in [3.8, 4) is 5.75 Å². The Kier molecular flexibility index (Phi) is 7.69. The van der Waals surface area contributed by atoms with Gasteiger partial charge in [-0.15, -0.1) is 0 Å². The first kappa shape index (κ1) is 22.3. The Bertz CT molecular complexity index is 694. The molecule has 0 heterocycles. The Hall–Kier alpha value is -2.70. The van der Waals surface area contributed by atoms with Gasteiger partial charge in [-0.1, -0.05) is 19.1 Å². The number of carbonyl (C=O) groups excluding carboxylic acids is 3. The van der Waals surface area contributed by atoms with Gasteiger partial charge < -0.3 is 14.6 Å². The molecule has 0 aliphatic rings. The number of carbonyl (C=O) groups is 4. The normalized spacial score (nSPS) is 15.1. The molecule has 0 amide bonds. The fourth-order valence-corrected chi connectivity index (χ4v) is 3.49. The summed E-state index contributed by atoms with van der Waals surface area (Å²) < 4.78 is 10.2. The van der Waals surface area contributed by atoms with Crippen LogP contribution in [0, 0.1) is 11.3 Å². The number of hydrogen-bond donors (Lipinski definition) is 1. The van der Waals surface area contributed by atoms with Gasteiger partial charge in [-0.3, -0.25) is 19.2 Å². The molecule has 0 fully saturated rings. The predicted molar refractivity (Wildman–Crippen MR) is 97.6 cm³/mol. The van der Waals surface area contributed by atoms with Crippen LogP contribution < -0.4 is 4.74 Å². The molecule has 3 atom stereocenters. The van der Waals surface area contributed by atoms with Crippen molar-refractivity contribution in [2.45, 2.75) is 40.0 Å². The molecule has 3 unspecified atom stereocenters. The van der Waals surface area contributed by atoms with E-state index in [1.165, 1.54) is 14.0 Å².